The number of carbonyl (C=O) groups is 1. The van der Waals surface area contributed by atoms with Crippen LogP contribution in [0.25, 0.3) is 0 Å². The minimum atomic E-state index is 0.245. The van der Waals surface area contributed by atoms with E-state index in [4.69, 9.17) is 0 Å². The van der Waals surface area contributed by atoms with Gasteiger partial charge in [-0.2, -0.15) is 0 Å². The van der Waals surface area contributed by atoms with E-state index in [9.17, 15) is 4.79 Å². The van der Waals surface area contributed by atoms with Crippen molar-refractivity contribution in [3.63, 3.8) is 0 Å². The summed E-state index contributed by atoms with van der Waals surface area (Å²) in [5.74, 6) is 6.98. The van der Waals surface area contributed by atoms with Gasteiger partial charge >= 0.3 is 0 Å². The van der Waals surface area contributed by atoms with Gasteiger partial charge in [0.05, 0.1) is 6.54 Å². The van der Waals surface area contributed by atoms with Gasteiger partial charge in [-0.3, -0.25) is 4.79 Å². The van der Waals surface area contributed by atoms with Gasteiger partial charge in [-0.05, 0) is 56.3 Å². The van der Waals surface area contributed by atoms with Crippen molar-refractivity contribution in [3.05, 3.63) is 35.9 Å². The summed E-state index contributed by atoms with van der Waals surface area (Å²) in [7, 11) is 0. The predicted octanol–water partition coefficient (Wildman–Crippen LogP) is 3.06. The molecule has 24 heavy (non-hydrogen) atoms. The van der Waals surface area contributed by atoms with Crippen molar-refractivity contribution in [2.75, 3.05) is 26.2 Å². The number of nitrogens with zero attached hydrogens (tertiary/aromatic N) is 1. The molecule has 1 aromatic rings. The lowest BCUT2D eigenvalue weighted by atomic mass is 9.91. The third-order valence-electron chi connectivity index (χ3n) is 5.46. The molecule has 1 amide bonds. The predicted molar refractivity (Wildman–Crippen MR) is 97.5 cm³/mol. The first-order valence-electron chi connectivity index (χ1n) is 9.28. The Hall–Kier alpha value is -1.79. The summed E-state index contributed by atoms with van der Waals surface area (Å²) in [5.41, 5.74) is 1.32. The fourth-order valence-corrected chi connectivity index (χ4v) is 3.77. The largest absolute Gasteiger partial charge is 0.331 e. The summed E-state index contributed by atoms with van der Waals surface area (Å²) in [5, 5.41) is 3.41. The minimum absolute atomic E-state index is 0.245. The fourth-order valence-electron chi connectivity index (χ4n) is 3.77. The van der Waals surface area contributed by atoms with Crippen LogP contribution in [0.15, 0.2) is 30.3 Å². The highest BCUT2D eigenvalue weighted by Crippen LogP contribution is 2.59. The first-order chi connectivity index (χ1) is 11.7. The van der Waals surface area contributed by atoms with E-state index in [1.807, 2.05) is 35.2 Å². The number of unbranched alkanes of at least 4 members (excludes halogenated alkanes) is 1. The zero-order valence-electron chi connectivity index (χ0n) is 14.7. The molecule has 3 nitrogen and oxygen atoms in total. The average Bonchev–Trinajstić information content (AvgIpc) is 3.31. The van der Waals surface area contributed by atoms with E-state index >= 15 is 0 Å². The molecular weight excluding hydrogens is 296 g/mol. The number of benzene rings is 1. The number of carbonyl (C=O) groups excluding carboxylic acids is 1. The van der Waals surface area contributed by atoms with Gasteiger partial charge in [-0.25, -0.2) is 0 Å². The first-order valence-corrected chi connectivity index (χ1v) is 9.28. The topological polar surface area (TPSA) is 32.3 Å². The maximum absolute atomic E-state index is 13.0. The SMILES string of the molecule is CCCCN(CC#Cc1ccccc1)C(=O)C1CC12CCNCC2. The van der Waals surface area contributed by atoms with Crippen molar-refractivity contribution in [1.82, 2.24) is 10.2 Å². The summed E-state index contributed by atoms with van der Waals surface area (Å²) in [6.07, 6.45) is 5.55. The molecule has 1 aromatic carbocycles. The average molecular weight is 324 g/mol. The summed E-state index contributed by atoms with van der Waals surface area (Å²) >= 11 is 0. The van der Waals surface area contributed by atoms with Gasteiger partial charge in [0.25, 0.3) is 0 Å². The normalized spacial score (nSPS) is 21.0. The second-order valence-electron chi connectivity index (χ2n) is 7.15. The van der Waals surface area contributed by atoms with Crippen LogP contribution < -0.4 is 5.32 Å². The van der Waals surface area contributed by atoms with Crippen LogP contribution in [-0.4, -0.2) is 37.0 Å². The molecule has 1 saturated carbocycles. The lowest BCUT2D eigenvalue weighted by Crippen LogP contribution is -2.37. The molecule has 0 aromatic heterocycles. The maximum Gasteiger partial charge on any atom is 0.227 e. The van der Waals surface area contributed by atoms with Crippen LogP contribution >= 0.6 is 0 Å². The van der Waals surface area contributed by atoms with Crippen LogP contribution in [0.1, 0.15) is 44.6 Å². The van der Waals surface area contributed by atoms with Crippen LogP contribution in [0, 0.1) is 23.2 Å². The van der Waals surface area contributed by atoms with Crippen molar-refractivity contribution in [1.29, 1.82) is 0 Å². The van der Waals surface area contributed by atoms with Gasteiger partial charge in [0.2, 0.25) is 5.91 Å². The Kier molecular flexibility index (Phi) is 5.58. The summed E-state index contributed by atoms with van der Waals surface area (Å²) in [6.45, 7) is 5.69. The Balaban J connectivity index is 1.61. The monoisotopic (exact) mass is 324 g/mol. The molecule has 1 N–H and O–H groups in total. The summed E-state index contributed by atoms with van der Waals surface area (Å²) in [4.78, 5) is 15.0. The Labute approximate surface area is 145 Å². The molecule has 1 saturated heterocycles. The van der Waals surface area contributed by atoms with E-state index in [-0.39, 0.29) is 5.92 Å². The molecule has 1 unspecified atom stereocenters. The Morgan fingerprint density at radius 1 is 1.29 bits per heavy atom. The van der Waals surface area contributed by atoms with Gasteiger partial charge < -0.3 is 10.2 Å². The molecule has 2 fully saturated rings. The van der Waals surface area contributed by atoms with E-state index in [2.05, 4.69) is 24.1 Å². The molecular formula is C21H28N2O. The molecule has 2 aliphatic rings. The Bertz CT molecular complexity index is 608. The molecule has 3 heteroatoms. The molecule has 1 aliphatic heterocycles. The van der Waals surface area contributed by atoms with Crippen molar-refractivity contribution in [2.24, 2.45) is 11.3 Å². The maximum atomic E-state index is 13.0. The molecule has 1 heterocycles. The Morgan fingerprint density at radius 2 is 2.04 bits per heavy atom. The standard InChI is InChI=1S/C21H28N2O/c1-2-3-15-23(16-7-10-18-8-5-4-6-9-18)20(24)19-17-21(19)11-13-22-14-12-21/h4-6,8-9,19,22H,2-3,11-17H2,1H3. The van der Waals surface area contributed by atoms with Crippen LogP contribution in [0.4, 0.5) is 0 Å². The zero-order chi connectivity index (χ0) is 16.8. The Morgan fingerprint density at radius 3 is 2.75 bits per heavy atom. The number of rotatable bonds is 5. The number of hydrogen-bond acceptors (Lipinski definition) is 2. The van der Waals surface area contributed by atoms with Gasteiger partial charge in [-0.15, -0.1) is 0 Å². The highest BCUT2D eigenvalue weighted by molar-refractivity contribution is 5.83. The summed E-state index contributed by atoms with van der Waals surface area (Å²) in [6, 6.07) is 10.0. The first kappa shape index (κ1) is 17.0. The van der Waals surface area contributed by atoms with Crippen molar-refractivity contribution in [3.8, 4) is 11.8 Å². The highest BCUT2D eigenvalue weighted by Gasteiger charge is 2.58. The molecule has 128 valence electrons. The van der Waals surface area contributed by atoms with Crippen LogP contribution in [0.5, 0.6) is 0 Å². The van der Waals surface area contributed by atoms with Gasteiger partial charge in [0, 0.05) is 18.0 Å². The number of amides is 1. The van der Waals surface area contributed by atoms with E-state index in [1.54, 1.807) is 0 Å². The van der Waals surface area contributed by atoms with Crippen LogP contribution in [0.2, 0.25) is 0 Å². The van der Waals surface area contributed by atoms with Gasteiger partial charge in [0.1, 0.15) is 0 Å². The number of piperidine rings is 1. The van der Waals surface area contributed by atoms with Crippen LogP contribution in [-0.2, 0) is 4.79 Å². The number of hydrogen-bond donors (Lipinski definition) is 1. The lowest BCUT2D eigenvalue weighted by molar-refractivity contribution is -0.133. The smallest absolute Gasteiger partial charge is 0.227 e. The third kappa shape index (κ3) is 3.99. The van der Waals surface area contributed by atoms with Crippen molar-refractivity contribution >= 4 is 5.91 Å². The molecule has 3 rings (SSSR count). The van der Waals surface area contributed by atoms with Gasteiger partial charge in [0.15, 0.2) is 0 Å². The van der Waals surface area contributed by atoms with Gasteiger partial charge in [-0.1, -0.05) is 43.4 Å². The summed E-state index contributed by atoms with van der Waals surface area (Å²) < 4.78 is 0. The number of nitrogens with one attached hydrogen (secondary N) is 1. The molecule has 1 atom stereocenters. The van der Waals surface area contributed by atoms with Crippen molar-refractivity contribution < 1.29 is 4.79 Å². The minimum Gasteiger partial charge on any atom is -0.331 e. The van der Waals surface area contributed by atoms with E-state index < -0.39 is 0 Å². The zero-order valence-corrected chi connectivity index (χ0v) is 14.7. The quantitative estimate of drug-likeness (QED) is 0.844. The van der Waals surface area contributed by atoms with Crippen molar-refractivity contribution in [2.45, 2.75) is 39.0 Å². The second kappa shape index (κ2) is 7.85. The molecule has 0 radical (unpaired) electrons. The highest BCUT2D eigenvalue weighted by atomic mass is 16.2. The second-order valence-corrected chi connectivity index (χ2v) is 7.15. The van der Waals surface area contributed by atoms with E-state index in [0.717, 1.165) is 57.3 Å². The molecule has 0 bridgehead atoms. The third-order valence-corrected chi connectivity index (χ3v) is 5.46. The van der Waals surface area contributed by atoms with E-state index in [1.165, 1.54) is 0 Å². The lowest BCUT2D eigenvalue weighted by Gasteiger charge is -2.26. The fraction of sp³-hybridized carbons (Fsp3) is 0.571. The van der Waals surface area contributed by atoms with E-state index in [0.29, 0.717) is 17.9 Å². The molecule has 1 spiro atoms. The van der Waals surface area contributed by atoms with Crippen LogP contribution in [0.3, 0.4) is 0 Å². The molecule has 1 aliphatic carbocycles.